The van der Waals surface area contributed by atoms with E-state index in [1.165, 1.54) is 12.4 Å². The van der Waals surface area contributed by atoms with Crippen molar-refractivity contribution in [2.45, 2.75) is 39.8 Å². The molecule has 1 saturated heterocycles. The van der Waals surface area contributed by atoms with Crippen LogP contribution < -0.4 is 5.32 Å². The van der Waals surface area contributed by atoms with Crippen LogP contribution in [0.15, 0.2) is 17.4 Å². The van der Waals surface area contributed by atoms with Crippen LogP contribution in [0, 0.1) is 5.92 Å². The molecule has 0 radical (unpaired) electrons. The van der Waals surface area contributed by atoms with Crippen LogP contribution in [0.1, 0.15) is 39.1 Å². The van der Waals surface area contributed by atoms with E-state index in [9.17, 15) is 13.6 Å². The summed E-state index contributed by atoms with van der Waals surface area (Å²) in [5, 5.41) is 3.17. The highest BCUT2D eigenvalue weighted by molar-refractivity contribution is 14.0. The number of carbonyl (C=O) groups excluding carboxylic acids is 1. The Kier molecular flexibility index (Phi) is 9.81. The predicted molar refractivity (Wildman–Crippen MR) is 105 cm³/mol. The van der Waals surface area contributed by atoms with Crippen molar-refractivity contribution in [3.63, 3.8) is 0 Å². The van der Waals surface area contributed by atoms with Gasteiger partial charge in [0.1, 0.15) is 12.4 Å². The Morgan fingerprint density at radius 3 is 2.69 bits per heavy atom. The first-order chi connectivity index (χ1) is 12.1. The third-order valence-electron chi connectivity index (χ3n) is 4.08. The molecule has 26 heavy (non-hydrogen) atoms. The number of nitrogens with zero attached hydrogens (tertiary/aromatic N) is 4. The number of hydrogen-bond donors (Lipinski definition) is 1. The zero-order chi connectivity index (χ0) is 18.2. The van der Waals surface area contributed by atoms with Gasteiger partial charge in [-0.3, -0.25) is 9.36 Å². The molecule has 1 aromatic rings. The molecule has 0 saturated carbocycles. The predicted octanol–water partition coefficient (Wildman–Crippen LogP) is 2.64. The summed E-state index contributed by atoms with van der Waals surface area (Å²) in [6.07, 6.45) is 3.96. The molecule has 148 valence electrons. The molecule has 1 aliphatic rings. The van der Waals surface area contributed by atoms with Gasteiger partial charge in [-0.25, -0.2) is 9.98 Å². The minimum atomic E-state index is -2.63. The van der Waals surface area contributed by atoms with Gasteiger partial charge in [0.25, 0.3) is 0 Å². The van der Waals surface area contributed by atoms with Gasteiger partial charge in [-0.05, 0) is 26.7 Å². The molecule has 0 aromatic carbocycles. The van der Waals surface area contributed by atoms with Gasteiger partial charge < -0.3 is 15.0 Å². The molecule has 0 spiro atoms. The Morgan fingerprint density at radius 2 is 2.12 bits per heavy atom. The number of carbonyl (C=O) groups is 1. The largest absolute Gasteiger partial charge is 0.466 e. The molecular formula is C16H26F2IN5O2. The third kappa shape index (κ3) is 6.06. The van der Waals surface area contributed by atoms with E-state index in [1.54, 1.807) is 6.92 Å². The maximum Gasteiger partial charge on any atom is 0.319 e. The van der Waals surface area contributed by atoms with E-state index in [0.717, 1.165) is 4.57 Å². The van der Waals surface area contributed by atoms with Gasteiger partial charge in [0.05, 0.1) is 12.5 Å². The zero-order valence-corrected chi connectivity index (χ0v) is 17.4. The number of aliphatic imine (C=N–C) groups is 1. The van der Waals surface area contributed by atoms with Gasteiger partial charge in [0, 0.05) is 32.0 Å². The van der Waals surface area contributed by atoms with E-state index >= 15 is 0 Å². The monoisotopic (exact) mass is 485 g/mol. The van der Waals surface area contributed by atoms with Crippen molar-refractivity contribution >= 4 is 35.9 Å². The van der Waals surface area contributed by atoms with E-state index in [1.807, 2.05) is 11.8 Å². The lowest BCUT2D eigenvalue weighted by molar-refractivity contribution is -0.149. The van der Waals surface area contributed by atoms with Crippen LogP contribution in [0.5, 0.6) is 0 Å². The molecule has 1 aromatic heterocycles. The van der Waals surface area contributed by atoms with Crippen LogP contribution in [0.25, 0.3) is 0 Å². The second-order valence-corrected chi connectivity index (χ2v) is 5.71. The Morgan fingerprint density at radius 1 is 1.42 bits per heavy atom. The highest BCUT2D eigenvalue weighted by Crippen LogP contribution is 2.19. The summed E-state index contributed by atoms with van der Waals surface area (Å²) in [4.78, 5) is 22.2. The Hall–Kier alpha value is -1.46. The number of nitrogens with one attached hydrogen (secondary N) is 1. The van der Waals surface area contributed by atoms with Crippen LogP contribution in [-0.4, -0.2) is 52.6 Å². The Labute approximate surface area is 169 Å². The number of imidazole rings is 1. The van der Waals surface area contributed by atoms with Gasteiger partial charge in [-0.1, -0.05) is 0 Å². The molecule has 7 nitrogen and oxygen atoms in total. The normalized spacial score (nSPS) is 15.7. The van der Waals surface area contributed by atoms with Crippen LogP contribution in [0.2, 0.25) is 0 Å². The topological polar surface area (TPSA) is 71.8 Å². The summed E-state index contributed by atoms with van der Waals surface area (Å²) in [5.74, 6) is 0.625. The molecule has 1 aliphatic heterocycles. The maximum absolute atomic E-state index is 12.9. The number of halogens is 3. The number of aromatic nitrogens is 2. The zero-order valence-electron chi connectivity index (χ0n) is 15.0. The number of esters is 1. The Balaban J connectivity index is 0.00000338. The fourth-order valence-electron chi connectivity index (χ4n) is 2.80. The molecule has 0 unspecified atom stereocenters. The average molecular weight is 485 g/mol. The van der Waals surface area contributed by atoms with Crippen LogP contribution in [0.3, 0.4) is 0 Å². The summed E-state index contributed by atoms with van der Waals surface area (Å²) in [5.41, 5.74) is 0. The number of ether oxygens (including phenoxy) is 1. The van der Waals surface area contributed by atoms with Crippen LogP contribution in [0.4, 0.5) is 8.78 Å². The number of piperidine rings is 1. The molecule has 0 amide bonds. The number of rotatable bonds is 6. The quantitative estimate of drug-likeness (QED) is 0.291. The van der Waals surface area contributed by atoms with Gasteiger partial charge >= 0.3 is 12.5 Å². The van der Waals surface area contributed by atoms with Crippen LogP contribution >= 0.6 is 24.0 Å². The fraction of sp³-hybridized carbons (Fsp3) is 0.688. The van der Waals surface area contributed by atoms with Crippen molar-refractivity contribution in [1.29, 1.82) is 0 Å². The average Bonchev–Trinajstić information content (AvgIpc) is 3.08. The van der Waals surface area contributed by atoms with Crippen LogP contribution in [-0.2, 0) is 16.1 Å². The minimum absolute atomic E-state index is 0. The first-order valence-electron chi connectivity index (χ1n) is 8.56. The van der Waals surface area contributed by atoms with E-state index in [0.29, 0.717) is 45.0 Å². The number of likely N-dealkylation sites (tertiary alicyclic amines) is 1. The first-order valence-corrected chi connectivity index (χ1v) is 8.56. The summed E-state index contributed by atoms with van der Waals surface area (Å²) < 4.78 is 31.6. The molecule has 10 heteroatoms. The highest BCUT2D eigenvalue weighted by Gasteiger charge is 2.27. The minimum Gasteiger partial charge on any atom is -0.466 e. The highest BCUT2D eigenvalue weighted by atomic mass is 127. The molecule has 0 aliphatic carbocycles. The van der Waals surface area contributed by atoms with Crippen molar-refractivity contribution < 1.29 is 18.3 Å². The lowest BCUT2D eigenvalue weighted by atomic mass is 9.97. The number of guanidine groups is 1. The Bertz CT molecular complexity index is 589. The van der Waals surface area contributed by atoms with Gasteiger partial charge in [0.15, 0.2) is 5.96 Å². The second kappa shape index (κ2) is 11.3. The fourth-order valence-corrected chi connectivity index (χ4v) is 2.80. The maximum atomic E-state index is 12.9. The van der Waals surface area contributed by atoms with E-state index in [2.05, 4.69) is 15.3 Å². The van der Waals surface area contributed by atoms with Gasteiger partial charge in [-0.15, -0.1) is 24.0 Å². The first kappa shape index (κ1) is 22.6. The van der Waals surface area contributed by atoms with Crippen molar-refractivity contribution in [1.82, 2.24) is 19.8 Å². The molecule has 1 fully saturated rings. The second-order valence-electron chi connectivity index (χ2n) is 5.71. The van der Waals surface area contributed by atoms with Gasteiger partial charge in [0.2, 0.25) is 0 Å². The summed E-state index contributed by atoms with van der Waals surface area (Å²) >= 11 is 0. The van der Waals surface area contributed by atoms with E-state index < -0.39 is 6.55 Å². The summed E-state index contributed by atoms with van der Waals surface area (Å²) in [6, 6.07) is 0. The van der Waals surface area contributed by atoms with E-state index in [-0.39, 0.29) is 48.2 Å². The molecule has 2 heterocycles. The molecule has 1 N–H and O–H groups in total. The van der Waals surface area contributed by atoms with Crippen molar-refractivity contribution in [3.8, 4) is 0 Å². The summed E-state index contributed by atoms with van der Waals surface area (Å²) in [6.45, 7) is 3.57. The molecule has 0 atom stereocenters. The van der Waals surface area contributed by atoms with Crippen molar-refractivity contribution in [2.24, 2.45) is 10.9 Å². The lowest BCUT2D eigenvalue weighted by Crippen LogP contribution is -2.46. The smallest absolute Gasteiger partial charge is 0.319 e. The molecule has 0 bridgehead atoms. The van der Waals surface area contributed by atoms with Crippen molar-refractivity contribution in [3.05, 3.63) is 18.2 Å². The number of alkyl halides is 2. The molecular weight excluding hydrogens is 459 g/mol. The van der Waals surface area contributed by atoms with E-state index in [4.69, 9.17) is 4.74 Å². The van der Waals surface area contributed by atoms with Gasteiger partial charge in [-0.2, -0.15) is 8.78 Å². The van der Waals surface area contributed by atoms with Crippen molar-refractivity contribution in [2.75, 3.05) is 26.2 Å². The third-order valence-corrected chi connectivity index (χ3v) is 4.08. The standard InChI is InChI=1S/C16H25F2N5O2.HI/c1-3-19-16(21-11-13-20-7-10-23(13)15(17)18)22-8-5-12(6-9-22)14(24)25-4-2;/h7,10,12,15H,3-6,8-9,11H2,1-2H3,(H,19,21);1H. The lowest BCUT2D eigenvalue weighted by Gasteiger charge is -2.33. The summed E-state index contributed by atoms with van der Waals surface area (Å²) in [7, 11) is 0. The molecule has 2 rings (SSSR count). The SMILES string of the molecule is CCNC(=NCc1nccn1C(F)F)N1CCC(C(=O)OCC)CC1.I. The number of hydrogen-bond acceptors (Lipinski definition) is 4.